The largest absolute Gasteiger partial charge is 0.290 e. The molecular formula is C7H6ClN2O. The van der Waals surface area contributed by atoms with E-state index in [-0.39, 0.29) is 5.84 Å². The molecule has 0 unspecified atom stereocenters. The second-order valence-corrected chi connectivity index (χ2v) is 2.30. The highest BCUT2D eigenvalue weighted by molar-refractivity contribution is 6.33. The van der Waals surface area contributed by atoms with Crippen LogP contribution < -0.4 is 5.48 Å². The van der Waals surface area contributed by atoms with Crippen molar-refractivity contribution < 1.29 is 5.21 Å². The van der Waals surface area contributed by atoms with Crippen LogP contribution in [0.4, 0.5) is 0 Å². The van der Waals surface area contributed by atoms with Crippen LogP contribution in [0.25, 0.3) is 0 Å². The fourth-order valence-electron chi connectivity index (χ4n) is 0.673. The highest BCUT2D eigenvalue weighted by Crippen LogP contribution is 2.13. The Balaban J connectivity index is 3.03. The van der Waals surface area contributed by atoms with E-state index in [2.05, 4.69) is 6.07 Å². The van der Waals surface area contributed by atoms with Gasteiger partial charge in [0.1, 0.15) is 0 Å². The minimum atomic E-state index is -0.121. The van der Waals surface area contributed by atoms with Gasteiger partial charge in [-0.2, -0.15) is 0 Å². The normalized spacial score (nSPS) is 9.27. The lowest BCUT2D eigenvalue weighted by Gasteiger charge is -2.02. The summed E-state index contributed by atoms with van der Waals surface area (Å²) in [5.74, 6) is -0.121. The molecule has 0 aliphatic rings. The number of hydrogen-bond acceptors (Lipinski definition) is 2. The lowest BCUT2D eigenvalue weighted by Crippen LogP contribution is -2.18. The molecule has 3 N–H and O–H groups in total. The van der Waals surface area contributed by atoms with E-state index in [0.29, 0.717) is 10.6 Å². The van der Waals surface area contributed by atoms with Crippen LogP contribution >= 0.6 is 11.6 Å². The molecule has 0 amide bonds. The minimum Gasteiger partial charge on any atom is -0.290 e. The summed E-state index contributed by atoms with van der Waals surface area (Å²) in [6, 6.07) is 7.48. The lowest BCUT2D eigenvalue weighted by molar-refractivity contribution is 0.234. The Labute approximate surface area is 69.1 Å². The Morgan fingerprint density at radius 3 is 3.00 bits per heavy atom. The van der Waals surface area contributed by atoms with Gasteiger partial charge in [-0.3, -0.25) is 16.1 Å². The van der Waals surface area contributed by atoms with E-state index in [0.717, 1.165) is 0 Å². The fourth-order valence-corrected chi connectivity index (χ4v) is 0.894. The number of amidine groups is 1. The molecule has 0 aliphatic carbocycles. The molecule has 0 bridgehead atoms. The smallest absolute Gasteiger partial charge is 0.150 e. The van der Waals surface area contributed by atoms with Crippen LogP contribution in [0.5, 0.6) is 0 Å². The Kier molecular flexibility index (Phi) is 2.46. The molecule has 57 valence electrons. The van der Waals surface area contributed by atoms with Gasteiger partial charge in [-0.25, -0.2) is 0 Å². The average Bonchev–Trinajstić information content (AvgIpc) is 2.04. The number of benzene rings is 1. The number of hydroxylamine groups is 1. The summed E-state index contributed by atoms with van der Waals surface area (Å²) in [7, 11) is 0. The van der Waals surface area contributed by atoms with E-state index in [4.69, 9.17) is 22.2 Å². The highest BCUT2D eigenvalue weighted by Gasteiger charge is 2.02. The zero-order valence-electron chi connectivity index (χ0n) is 5.56. The molecule has 11 heavy (non-hydrogen) atoms. The molecule has 0 atom stereocenters. The lowest BCUT2D eigenvalue weighted by atomic mass is 10.2. The average molecular weight is 170 g/mol. The third-order valence-electron chi connectivity index (χ3n) is 1.19. The van der Waals surface area contributed by atoms with Gasteiger partial charge in [0, 0.05) is 5.56 Å². The quantitative estimate of drug-likeness (QED) is 0.339. The van der Waals surface area contributed by atoms with Gasteiger partial charge in [0.2, 0.25) is 0 Å². The van der Waals surface area contributed by atoms with Crippen molar-refractivity contribution in [2.45, 2.75) is 0 Å². The fraction of sp³-hybridized carbons (Fsp3) is 0. The van der Waals surface area contributed by atoms with Crippen LogP contribution in [-0.2, 0) is 0 Å². The molecule has 0 aliphatic heterocycles. The molecule has 1 rings (SSSR count). The first-order valence-electron chi connectivity index (χ1n) is 2.90. The van der Waals surface area contributed by atoms with Crippen molar-refractivity contribution in [1.82, 2.24) is 5.48 Å². The molecule has 1 aromatic carbocycles. The topological polar surface area (TPSA) is 56.1 Å². The number of halogens is 1. The zero-order chi connectivity index (χ0) is 8.27. The van der Waals surface area contributed by atoms with E-state index >= 15 is 0 Å². The van der Waals surface area contributed by atoms with Gasteiger partial charge < -0.3 is 0 Å². The summed E-state index contributed by atoms with van der Waals surface area (Å²) in [6.45, 7) is 0. The summed E-state index contributed by atoms with van der Waals surface area (Å²) in [5.41, 5.74) is 2.16. The van der Waals surface area contributed by atoms with Crippen LogP contribution in [0.2, 0.25) is 5.02 Å². The summed E-state index contributed by atoms with van der Waals surface area (Å²) >= 11 is 5.67. The Morgan fingerprint density at radius 1 is 1.73 bits per heavy atom. The van der Waals surface area contributed by atoms with Crippen molar-refractivity contribution in [3.8, 4) is 0 Å². The molecule has 0 spiro atoms. The molecule has 3 nitrogen and oxygen atoms in total. The van der Waals surface area contributed by atoms with Gasteiger partial charge in [-0.1, -0.05) is 17.7 Å². The third-order valence-corrected chi connectivity index (χ3v) is 1.51. The van der Waals surface area contributed by atoms with Crippen LogP contribution in [0.15, 0.2) is 18.2 Å². The van der Waals surface area contributed by atoms with Gasteiger partial charge in [-0.05, 0) is 18.2 Å². The van der Waals surface area contributed by atoms with Crippen molar-refractivity contribution in [2.24, 2.45) is 0 Å². The van der Waals surface area contributed by atoms with Crippen molar-refractivity contribution in [3.63, 3.8) is 0 Å². The second kappa shape index (κ2) is 3.37. The number of nitrogens with one attached hydrogen (secondary N) is 2. The zero-order valence-corrected chi connectivity index (χ0v) is 6.31. The molecule has 0 aromatic heterocycles. The van der Waals surface area contributed by atoms with Crippen LogP contribution in [0, 0.1) is 11.5 Å². The molecule has 0 fully saturated rings. The predicted molar refractivity (Wildman–Crippen MR) is 42.0 cm³/mol. The third kappa shape index (κ3) is 1.69. The first kappa shape index (κ1) is 8.04. The number of rotatable bonds is 1. The first-order valence-corrected chi connectivity index (χ1v) is 3.28. The van der Waals surface area contributed by atoms with E-state index in [1.807, 2.05) is 0 Å². The second-order valence-electron chi connectivity index (χ2n) is 1.89. The number of hydrogen-bond donors (Lipinski definition) is 3. The van der Waals surface area contributed by atoms with Crippen molar-refractivity contribution in [3.05, 3.63) is 34.9 Å². The monoisotopic (exact) mass is 169 g/mol. The summed E-state index contributed by atoms with van der Waals surface area (Å²) in [4.78, 5) is 0. The molecular weight excluding hydrogens is 164 g/mol. The highest BCUT2D eigenvalue weighted by atomic mass is 35.5. The van der Waals surface area contributed by atoms with Crippen molar-refractivity contribution >= 4 is 17.4 Å². The van der Waals surface area contributed by atoms with Crippen molar-refractivity contribution in [2.75, 3.05) is 0 Å². The van der Waals surface area contributed by atoms with Gasteiger partial charge in [-0.15, -0.1) is 0 Å². The van der Waals surface area contributed by atoms with Crippen LogP contribution in [0.3, 0.4) is 0 Å². The van der Waals surface area contributed by atoms with E-state index in [1.165, 1.54) is 6.07 Å². The van der Waals surface area contributed by atoms with E-state index in [9.17, 15) is 0 Å². The summed E-state index contributed by atoms with van der Waals surface area (Å²) in [5, 5.41) is 15.9. The van der Waals surface area contributed by atoms with Gasteiger partial charge in [0.15, 0.2) is 5.84 Å². The molecule has 1 radical (unpaired) electrons. The minimum absolute atomic E-state index is 0.121. The summed E-state index contributed by atoms with van der Waals surface area (Å²) in [6.07, 6.45) is 0. The van der Waals surface area contributed by atoms with E-state index in [1.54, 1.807) is 17.6 Å². The molecule has 0 saturated carbocycles. The van der Waals surface area contributed by atoms with Crippen molar-refractivity contribution in [1.29, 1.82) is 5.41 Å². The summed E-state index contributed by atoms with van der Waals surface area (Å²) < 4.78 is 0. The van der Waals surface area contributed by atoms with E-state index < -0.39 is 0 Å². The Hall–Kier alpha value is -1.06. The maximum Gasteiger partial charge on any atom is 0.150 e. The first-order chi connectivity index (χ1) is 5.25. The predicted octanol–water partition coefficient (Wildman–Crippen LogP) is 1.44. The maximum atomic E-state index is 8.37. The van der Waals surface area contributed by atoms with Gasteiger partial charge in [0.25, 0.3) is 0 Å². The SMILES string of the molecule is N=C(NO)c1cc[c]cc1Cl. The standard InChI is InChI=1S/C7H6ClN2O/c8-6-4-2-1-3-5(6)7(9)10-11/h1,3-4,11H,(H2,9,10). The Bertz CT molecular complexity index is 275. The van der Waals surface area contributed by atoms with Crippen LogP contribution in [-0.4, -0.2) is 11.0 Å². The van der Waals surface area contributed by atoms with Gasteiger partial charge in [0.05, 0.1) is 5.02 Å². The van der Waals surface area contributed by atoms with Crippen LogP contribution in [0.1, 0.15) is 5.56 Å². The molecule has 0 saturated heterocycles. The van der Waals surface area contributed by atoms with Gasteiger partial charge >= 0.3 is 0 Å². The maximum absolute atomic E-state index is 8.37. The Morgan fingerprint density at radius 2 is 2.45 bits per heavy atom. The molecule has 0 heterocycles. The molecule has 4 heteroatoms. The molecule has 1 aromatic rings.